The van der Waals surface area contributed by atoms with Gasteiger partial charge in [0.25, 0.3) is 0 Å². The molecule has 4 fully saturated rings. The molecule has 166 valence electrons. The lowest BCUT2D eigenvalue weighted by Gasteiger charge is -2.64. The van der Waals surface area contributed by atoms with Gasteiger partial charge in [0, 0.05) is 5.54 Å². The molecule has 4 saturated carbocycles. The van der Waals surface area contributed by atoms with Crippen molar-refractivity contribution in [3.8, 4) is 0 Å². The van der Waals surface area contributed by atoms with Crippen LogP contribution in [-0.4, -0.2) is 5.54 Å². The van der Waals surface area contributed by atoms with Crippen LogP contribution < -0.4 is 5.73 Å². The summed E-state index contributed by atoms with van der Waals surface area (Å²) in [7, 11) is 0. The molecule has 0 heterocycles. The molecule has 4 rings (SSSR count). The Kier molecular flexibility index (Phi) is 6.04. The molecule has 8 atom stereocenters. The number of hydrogen-bond acceptors (Lipinski definition) is 1. The zero-order chi connectivity index (χ0) is 20.9. The second kappa shape index (κ2) is 7.99. The van der Waals surface area contributed by atoms with Crippen molar-refractivity contribution in [2.75, 3.05) is 0 Å². The van der Waals surface area contributed by atoms with Crippen molar-refractivity contribution in [3.63, 3.8) is 0 Å². The maximum absolute atomic E-state index is 7.13. The van der Waals surface area contributed by atoms with E-state index in [9.17, 15) is 0 Å². The molecule has 1 nitrogen and oxygen atoms in total. The van der Waals surface area contributed by atoms with Crippen molar-refractivity contribution in [1.29, 1.82) is 0 Å². The van der Waals surface area contributed by atoms with Crippen molar-refractivity contribution in [3.05, 3.63) is 12.7 Å². The van der Waals surface area contributed by atoms with E-state index in [2.05, 4.69) is 40.3 Å². The molecular weight excluding hydrogens is 350 g/mol. The average molecular weight is 400 g/mol. The fourth-order valence-corrected chi connectivity index (χ4v) is 9.24. The third kappa shape index (κ3) is 3.46. The Hall–Kier alpha value is -0.300. The van der Waals surface area contributed by atoms with E-state index in [0.29, 0.717) is 16.7 Å². The summed E-state index contributed by atoms with van der Waals surface area (Å²) in [5.41, 5.74) is 8.31. The highest BCUT2D eigenvalue weighted by molar-refractivity contribution is 5.15. The van der Waals surface area contributed by atoms with Crippen molar-refractivity contribution < 1.29 is 0 Å². The van der Waals surface area contributed by atoms with Crippen molar-refractivity contribution in [2.24, 2.45) is 52.1 Å². The van der Waals surface area contributed by atoms with E-state index in [1.807, 2.05) is 0 Å². The van der Waals surface area contributed by atoms with E-state index in [4.69, 9.17) is 5.73 Å². The molecule has 2 N–H and O–H groups in total. The summed E-state index contributed by atoms with van der Waals surface area (Å²) in [5, 5.41) is 0. The molecule has 0 radical (unpaired) electrons. The Morgan fingerprint density at radius 1 is 0.966 bits per heavy atom. The van der Waals surface area contributed by atoms with Crippen LogP contribution in [0.5, 0.6) is 0 Å². The molecule has 0 aromatic heterocycles. The zero-order valence-electron chi connectivity index (χ0n) is 20.0. The summed E-state index contributed by atoms with van der Waals surface area (Å²) in [6.45, 7) is 14.1. The van der Waals surface area contributed by atoms with Gasteiger partial charge in [0.15, 0.2) is 0 Å². The third-order valence-electron chi connectivity index (χ3n) is 11.3. The van der Waals surface area contributed by atoms with Gasteiger partial charge in [0.05, 0.1) is 0 Å². The Bertz CT molecular complexity index is 595. The molecule has 4 aliphatic rings. The first-order chi connectivity index (χ1) is 13.7. The Morgan fingerprint density at radius 3 is 2.45 bits per heavy atom. The second-order valence-electron chi connectivity index (χ2n) is 12.6. The summed E-state index contributed by atoms with van der Waals surface area (Å²) >= 11 is 0. The summed E-state index contributed by atoms with van der Waals surface area (Å²) in [4.78, 5) is 0. The van der Waals surface area contributed by atoms with Crippen LogP contribution in [0.15, 0.2) is 12.7 Å². The Balaban J connectivity index is 1.44. The minimum absolute atomic E-state index is 0.148. The van der Waals surface area contributed by atoms with E-state index >= 15 is 0 Å². The van der Waals surface area contributed by atoms with Crippen LogP contribution in [0.3, 0.4) is 0 Å². The van der Waals surface area contributed by atoms with E-state index in [0.717, 1.165) is 29.6 Å². The molecule has 0 aliphatic heterocycles. The van der Waals surface area contributed by atoms with E-state index in [-0.39, 0.29) is 5.54 Å². The number of nitrogens with two attached hydrogens (primary N) is 1. The molecule has 29 heavy (non-hydrogen) atoms. The molecule has 0 aromatic rings. The predicted molar refractivity (Wildman–Crippen MR) is 126 cm³/mol. The fourth-order valence-electron chi connectivity index (χ4n) is 9.24. The van der Waals surface area contributed by atoms with Crippen LogP contribution in [0.1, 0.15) is 111 Å². The van der Waals surface area contributed by atoms with Gasteiger partial charge in [-0.3, -0.25) is 0 Å². The van der Waals surface area contributed by atoms with Gasteiger partial charge in [-0.1, -0.05) is 53.0 Å². The Morgan fingerprint density at radius 2 is 1.72 bits per heavy atom. The quantitative estimate of drug-likeness (QED) is 0.454. The zero-order valence-corrected chi connectivity index (χ0v) is 20.0. The molecule has 0 spiro atoms. The van der Waals surface area contributed by atoms with Gasteiger partial charge in [-0.05, 0) is 111 Å². The van der Waals surface area contributed by atoms with E-state index < -0.39 is 0 Å². The van der Waals surface area contributed by atoms with Gasteiger partial charge >= 0.3 is 0 Å². The molecular formula is C28H49N. The number of allylic oxidation sites excluding steroid dienone is 1. The van der Waals surface area contributed by atoms with Gasteiger partial charge in [-0.25, -0.2) is 0 Å². The van der Waals surface area contributed by atoms with Crippen LogP contribution in [0.2, 0.25) is 0 Å². The summed E-state index contributed by atoms with van der Waals surface area (Å²) in [5.74, 6) is 5.27. The van der Waals surface area contributed by atoms with Crippen LogP contribution in [-0.2, 0) is 0 Å². The lowest BCUT2D eigenvalue weighted by molar-refractivity contribution is -0.122. The van der Waals surface area contributed by atoms with Crippen LogP contribution in [0, 0.1) is 46.3 Å². The Labute approximate surface area is 181 Å². The fraction of sp³-hybridized carbons (Fsp3) is 0.929. The smallest absolute Gasteiger partial charge is 0.0211 e. The van der Waals surface area contributed by atoms with Crippen molar-refractivity contribution in [1.82, 2.24) is 0 Å². The second-order valence-corrected chi connectivity index (χ2v) is 12.6. The number of rotatable bonds is 6. The first kappa shape index (κ1) is 21.9. The maximum Gasteiger partial charge on any atom is 0.0211 e. The normalized spacial score (nSPS) is 47.9. The molecule has 0 saturated heterocycles. The average Bonchev–Trinajstić information content (AvgIpc) is 3.02. The monoisotopic (exact) mass is 399 g/mol. The van der Waals surface area contributed by atoms with Gasteiger partial charge in [-0.2, -0.15) is 0 Å². The standard InChI is InChI=1S/C28H49N/c1-6-21(20(2)3)10-9-11-22-12-13-24-23-14-19-28(29)17-8-7-16-27(28,5)25(23)15-18-26(22,24)4/h6,20-25H,1,7-19,29H2,2-5H3. The van der Waals surface area contributed by atoms with E-state index in [1.54, 1.807) is 0 Å². The third-order valence-corrected chi connectivity index (χ3v) is 11.3. The highest BCUT2D eigenvalue weighted by Crippen LogP contribution is 2.68. The van der Waals surface area contributed by atoms with Crippen molar-refractivity contribution in [2.45, 2.75) is 117 Å². The summed E-state index contributed by atoms with van der Waals surface area (Å²) in [6, 6.07) is 0. The molecule has 1 heteroatoms. The van der Waals surface area contributed by atoms with Crippen LogP contribution >= 0.6 is 0 Å². The van der Waals surface area contributed by atoms with Gasteiger partial charge in [0.1, 0.15) is 0 Å². The number of fused-ring (bicyclic) bond motifs is 5. The van der Waals surface area contributed by atoms with Gasteiger partial charge in [-0.15, -0.1) is 6.58 Å². The van der Waals surface area contributed by atoms with Gasteiger partial charge in [0.2, 0.25) is 0 Å². The number of hydrogen-bond donors (Lipinski definition) is 1. The first-order valence-electron chi connectivity index (χ1n) is 13.2. The summed E-state index contributed by atoms with van der Waals surface area (Å²) < 4.78 is 0. The highest BCUT2D eigenvalue weighted by atomic mass is 14.8. The lowest BCUT2D eigenvalue weighted by atomic mass is 9.42. The molecule has 4 aliphatic carbocycles. The largest absolute Gasteiger partial charge is 0.325 e. The SMILES string of the molecule is C=CC(CCCC1CCC2C3CCC4(N)CCCCC4(C)C3CCC12C)C(C)C. The maximum atomic E-state index is 7.13. The minimum atomic E-state index is 0.148. The topological polar surface area (TPSA) is 26.0 Å². The predicted octanol–water partition coefficient (Wildman–Crippen LogP) is 7.75. The highest BCUT2D eigenvalue weighted by Gasteiger charge is 2.62. The molecule has 8 unspecified atom stereocenters. The lowest BCUT2D eigenvalue weighted by Crippen LogP contribution is -2.65. The van der Waals surface area contributed by atoms with Gasteiger partial charge < -0.3 is 5.73 Å². The minimum Gasteiger partial charge on any atom is -0.325 e. The molecule has 0 bridgehead atoms. The molecule has 0 aromatic carbocycles. The molecule has 0 amide bonds. The van der Waals surface area contributed by atoms with E-state index in [1.165, 1.54) is 83.5 Å². The van der Waals surface area contributed by atoms with Crippen LogP contribution in [0.25, 0.3) is 0 Å². The summed E-state index contributed by atoms with van der Waals surface area (Å²) in [6.07, 6.45) is 20.6. The van der Waals surface area contributed by atoms with Crippen LogP contribution in [0.4, 0.5) is 0 Å². The first-order valence-corrected chi connectivity index (χ1v) is 13.2. The van der Waals surface area contributed by atoms with Crippen molar-refractivity contribution >= 4 is 0 Å².